The van der Waals surface area contributed by atoms with Crippen molar-refractivity contribution >= 4 is 22.4 Å². The number of aromatic nitrogens is 3. The summed E-state index contributed by atoms with van der Waals surface area (Å²) in [5.41, 5.74) is 3.92. The van der Waals surface area contributed by atoms with E-state index in [9.17, 15) is 0 Å². The van der Waals surface area contributed by atoms with Gasteiger partial charge in [0, 0.05) is 24.3 Å². The molecule has 0 radical (unpaired) electrons. The molecule has 0 aliphatic heterocycles. The molecule has 1 aromatic carbocycles. The van der Waals surface area contributed by atoms with E-state index in [0.29, 0.717) is 0 Å². The van der Waals surface area contributed by atoms with Gasteiger partial charge >= 0.3 is 0 Å². The van der Waals surface area contributed by atoms with Crippen molar-refractivity contribution in [2.45, 2.75) is 26.7 Å². The van der Waals surface area contributed by atoms with Gasteiger partial charge in [0.2, 0.25) is 5.13 Å². The molecule has 0 N–H and O–H groups in total. The lowest BCUT2D eigenvalue weighted by molar-refractivity contribution is 0.938. The fraction of sp³-hybridized carbons (Fsp3) is 0.417. The van der Waals surface area contributed by atoms with Gasteiger partial charge in [-0.1, -0.05) is 41.6 Å². The fourth-order valence-corrected chi connectivity index (χ4v) is 2.43. The minimum absolute atomic E-state index is 0.834. The first-order valence-corrected chi connectivity index (χ1v) is 6.54. The lowest BCUT2D eigenvalue weighted by atomic mass is 10.0. The Balaban J connectivity index is 2.49. The second-order valence-electron chi connectivity index (χ2n) is 3.84. The van der Waals surface area contributed by atoms with Crippen LogP contribution in [-0.2, 0) is 12.8 Å². The highest BCUT2D eigenvalue weighted by atomic mass is 32.1. The van der Waals surface area contributed by atoms with Crippen LogP contribution in [0.2, 0.25) is 0 Å². The van der Waals surface area contributed by atoms with Crippen molar-refractivity contribution in [2.75, 3.05) is 11.9 Å². The quantitative estimate of drug-likeness (QED) is 0.834. The van der Waals surface area contributed by atoms with Gasteiger partial charge in [-0.15, -0.1) is 0 Å². The van der Waals surface area contributed by atoms with Crippen molar-refractivity contribution in [1.29, 1.82) is 0 Å². The summed E-state index contributed by atoms with van der Waals surface area (Å²) in [5.74, 6) is 0. The van der Waals surface area contributed by atoms with Crippen LogP contribution in [0.5, 0.6) is 0 Å². The number of anilines is 2. The van der Waals surface area contributed by atoms with Gasteiger partial charge in [0.1, 0.15) is 0 Å². The van der Waals surface area contributed by atoms with Crippen LogP contribution in [0.3, 0.4) is 0 Å². The molecule has 0 atom stereocenters. The molecule has 0 spiro atoms. The third-order valence-electron chi connectivity index (χ3n) is 2.88. The minimum atomic E-state index is 0.834. The Morgan fingerprint density at radius 1 is 1.18 bits per heavy atom. The van der Waals surface area contributed by atoms with Crippen LogP contribution < -0.4 is 4.90 Å². The Morgan fingerprint density at radius 2 is 1.82 bits per heavy atom. The number of aryl methyl sites for hydroxylation is 2. The van der Waals surface area contributed by atoms with Crippen molar-refractivity contribution in [2.24, 2.45) is 0 Å². The maximum absolute atomic E-state index is 4.03. The molecule has 17 heavy (non-hydrogen) atoms. The van der Waals surface area contributed by atoms with Crippen molar-refractivity contribution in [1.82, 2.24) is 14.8 Å². The summed E-state index contributed by atoms with van der Waals surface area (Å²) in [5, 5.41) is 8.52. The maximum Gasteiger partial charge on any atom is 0.232 e. The molecule has 2 aromatic rings. The third-order valence-corrected chi connectivity index (χ3v) is 3.55. The normalized spacial score (nSPS) is 10.5. The molecule has 0 unspecified atom stereocenters. The van der Waals surface area contributed by atoms with E-state index in [2.05, 4.69) is 51.7 Å². The first-order chi connectivity index (χ1) is 8.27. The van der Waals surface area contributed by atoms with Gasteiger partial charge in [-0.25, -0.2) is 0 Å². The van der Waals surface area contributed by atoms with Crippen molar-refractivity contribution in [3.8, 4) is 0 Å². The number of para-hydroxylation sites is 1. The van der Waals surface area contributed by atoms with E-state index in [1.165, 1.54) is 28.3 Å². The Morgan fingerprint density at radius 3 is 2.29 bits per heavy atom. The molecule has 0 aliphatic carbocycles. The molecule has 0 bridgehead atoms. The lowest BCUT2D eigenvalue weighted by Crippen LogP contribution is -2.13. The molecule has 0 fully saturated rings. The number of nitrogens with zero attached hydrogens (tertiary/aromatic N) is 4. The SMILES string of the molecule is CCc1cccc(CC)c1N(C)c1nnns1. The monoisotopic (exact) mass is 248 g/mol. The molecule has 0 aliphatic rings. The Labute approximate surface area is 105 Å². The largest absolute Gasteiger partial charge is 0.318 e. The highest BCUT2D eigenvalue weighted by molar-refractivity contribution is 7.09. The van der Waals surface area contributed by atoms with Crippen LogP contribution in [0.25, 0.3) is 0 Å². The standard InChI is InChI=1S/C12H16N4S/c1-4-9-7-6-8-10(5-2)11(9)16(3)12-13-14-15-17-12/h6-8H,4-5H2,1-3H3. The Bertz CT molecular complexity index is 459. The van der Waals surface area contributed by atoms with E-state index < -0.39 is 0 Å². The summed E-state index contributed by atoms with van der Waals surface area (Å²) in [4.78, 5) is 2.09. The summed E-state index contributed by atoms with van der Waals surface area (Å²) in [6.45, 7) is 4.34. The Hall–Kier alpha value is -1.49. The predicted molar refractivity (Wildman–Crippen MR) is 71.0 cm³/mol. The summed E-state index contributed by atoms with van der Waals surface area (Å²) in [6, 6.07) is 6.45. The molecular formula is C12H16N4S. The van der Waals surface area contributed by atoms with Gasteiger partial charge in [0.25, 0.3) is 0 Å². The first-order valence-electron chi connectivity index (χ1n) is 5.77. The zero-order valence-corrected chi connectivity index (χ0v) is 11.2. The zero-order valence-electron chi connectivity index (χ0n) is 10.3. The average molecular weight is 248 g/mol. The number of hydrogen-bond acceptors (Lipinski definition) is 5. The van der Waals surface area contributed by atoms with E-state index in [-0.39, 0.29) is 0 Å². The molecule has 4 nitrogen and oxygen atoms in total. The van der Waals surface area contributed by atoms with E-state index in [1.54, 1.807) is 0 Å². The highest BCUT2D eigenvalue weighted by Gasteiger charge is 2.14. The fourth-order valence-electron chi connectivity index (χ4n) is 2.00. The highest BCUT2D eigenvalue weighted by Crippen LogP contribution is 2.31. The summed E-state index contributed by atoms with van der Waals surface area (Å²) in [7, 11) is 2.02. The molecule has 0 amide bonds. The summed E-state index contributed by atoms with van der Waals surface area (Å²) in [6.07, 6.45) is 2.03. The Kier molecular flexibility index (Phi) is 3.68. The van der Waals surface area contributed by atoms with Crippen LogP contribution in [0, 0.1) is 0 Å². The number of rotatable bonds is 4. The van der Waals surface area contributed by atoms with Gasteiger partial charge in [-0.3, -0.25) is 0 Å². The lowest BCUT2D eigenvalue weighted by Gasteiger charge is -2.21. The van der Waals surface area contributed by atoms with Crippen molar-refractivity contribution in [3.63, 3.8) is 0 Å². The van der Waals surface area contributed by atoms with Crippen LogP contribution in [0.15, 0.2) is 18.2 Å². The van der Waals surface area contributed by atoms with Crippen molar-refractivity contribution < 1.29 is 0 Å². The summed E-state index contributed by atoms with van der Waals surface area (Å²) >= 11 is 1.32. The van der Waals surface area contributed by atoms with E-state index in [4.69, 9.17) is 0 Å². The topological polar surface area (TPSA) is 41.9 Å². The van der Waals surface area contributed by atoms with Crippen LogP contribution in [-0.4, -0.2) is 21.8 Å². The minimum Gasteiger partial charge on any atom is -0.318 e. The van der Waals surface area contributed by atoms with Gasteiger partial charge in [0.15, 0.2) is 0 Å². The third kappa shape index (κ3) is 2.29. The van der Waals surface area contributed by atoms with E-state index in [1.807, 2.05) is 7.05 Å². The van der Waals surface area contributed by atoms with E-state index in [0.717, 1.165) is 18.0 Å². The number of benzene rings is 1. The molecule has 1 heterocycles. The molecule has 0 saturated carbocycles. The summed E-state index contributed by atoms with van der Waals surface area (Å²) < 4.78 is 3.82. The maximum atomic E-state index is 4.03. The predicted octanol–water partition coefficient (Wildman–Crippen LogP) is 2.83. The average Bonchev–Trinajstić information content (AvgIpc) is 2.90. The molecular weight excluding hydrogens is 232 g/mol. The van der Waals surface area contributed by atoms with Crippen molar-refractivity contribution in [3.05, 3.63) is 29.3 Å². The molecule has 5 heteroatoms. The zero-order chi connectivity index (χ0) is 12.3. The first kappa shape index (κ1) is 12.0. The van der Waals surface area contributed by atoms with Gasteiger partial charge in [-0.2, -0.15) is 0 Å². The molecule has 90 valence electrons. The molecule has 2 rings (SSSR count). The van der Waals surface area contributed by atoms with Crippen LogP contribution >= 0.6 is 11.5 Å². The second-order valence-corrected chi connectivity index (χ2v) is 4.55. The van der Waals surface area contributed by atoms with Gasteiger partial charge < -0.3 is 4.90 Å². The van der Waals surface area contributed by atoms with Gasteiger partial charge in [0.05, 0.1) is 0 Å². The van der Waals surface area contributed by atoms with E-state index >= 15 is 0 Å². The van der Waals surface area contributed by atoms with Crippen LogP contribution in [0.4, 0.5) is 10.8 Å². The van der Waals surface area contributed by atoms with Crippen LogP contribution in [0.1, 0.15) is 25.0 Å². The molecule has 0 saturated heterocycles. The smallest absolute Gasteiger partial charge is 0.232 e. The second kappa shape index (κ2) is 5.23. The molecule has 1 aromatic heterocycles. The number of hydrogen-bond donors (Lipinski definition) is 0. The van der Waals surface area contributed by atoms with Gasteiger partial charge in [-0.05, 0) is 29.2 Å².